The number of aromatic carboxylic acids is 1. The van der Waals surface area contributed by atoms with Gasteiger partial charge in [0.1, 0.15) is 40.7 Å². The molecule has 0 radical (unpaired) electrons. The summed E-state index contributed by atoms with van der Waals surface area (Å²) in [6, 6.07) is 23.0. The molecule has 0 spiro atoms. The highest BCUT2D eigenvalue weighted by Gasteiger charge is 2.30. The number of nitrogens with zero attached hydrogens (tertiary/aromatic N) is 7. The maximum atomic E-state index is 13.4. The summed E-state index contributed by atoms with van der Waals surface area (Å²) in [5.74, 6) is -2.86. The highest BCUT2D eigenvalue weighted by molar-refractivity contribution is 6.30. The highest BCUT2D eigenvalue weighted by Crippen LogP contribution is 2.36. The number of ether oxygens (including phenoxy) is 1. The van der Waals surface area contributed by atoms with Crippen molar-refractivity contribution in [1.29, 1.82) is 0 Å². The number of benzene rings is 4. The van der Waals surface area contributed by atoms with Crippen molar-refractivity contribution in [3.8, 4) is 5.75 Å². The van der Waals surface area contributed by atoms with Gasteiger partial charge in [0.05, 0.1) is 34.1 Å². The summed E-state index contributed by atoms with van der Waals surface area (Å²) < 4.78 is 21.5. The molecule has 1 aliphatic heterocycles. The van der Waals surface area contributed by atoms with E-state index in [-0.39, 0.29) is 82.7 Å². The van der Waals surface area contributed by atoms with Crippen molar-refractivity contribution in [3.63, 3.8) is 0 Å². The smallest absolute Gasteiger partial charge is 0.335 e. The van der Waals surface area contributed by atoms with Gasteiger partial charge in [-0.1, -0.05) is 53.6 Å². The molecule has 6 N–H and O–H groups in total. The van der Waals surface area contributed by atoms with Crippen LogP contribution in [0.1, 0.15) is 127 Å². The lowest BCUT2D eigenvalue weighted by Gasteiger charge is -2.18. The van der Waals surface area contributed by atoms with Crippen molar-refractivity contribution < 1.29 is 43.0 Å². The van der Waals surface area contributed by atoms with E-state index in [1.165, 1.54) is 56.8 Å². The van der Waals surface area contributed by atoms with E-state index in [1.807, 2.05) is 6.07 Å². The van der Waals surface area contributed by atoms with Crippen LogP contribution in [0.3, 0.4) is 0 Å². The van der Waals surface area contributed by atoms with E-state index in [4.69, 9.17) is 16.3 Å². The Morgan fingerprint density at radius 2 is 1.44 bits per heavy atom. The number of hydrogen-bond acceptors (Lipinski definition) is 12. The number of carboxylic acid groups (broad SMARTS) is 1. The number of aromatic nitrogens is 7. The van der Waals surface area contributed by atoms with Crippen molar-refractivity contribution in [2.24, 2.45) is 0 Å². The molecular weight excluding hydrogens is 987 g/mol. The van der Waals surface area contributed by atoms with Crippen LogP contribution in [-0.4, -0.2) is 81.4 Å². The zero-order chi connectivity index (χ0) is 52.7. The highest BCUT2D eigenvalue weighted by atomic mass is 35.5. The third kappa shape index (κ3) is 10.3. The van der Waals surface area contributed by atoms with E-state index >= 15 is 0 Å². The number of carboxylic acids is 1. The first-order valence-corrected chi connectivity index (χ1v) is 24.2. The summed E-state index contributed by atoms with van der Waals surface area (Å²) in [4.78, 5) is 88.4. The number of halogens is 2. The number of aryl methyl sites for hydroxylation is 3. The van der Waals surface area contributed by atoms with Crippen LogP contribution >= 0.6 is 11.6 Å². The minimum Gasteiger partial charge on any atom is -0.482 e. The number of carbonyl (C=O) groups is 6. The fourth-order valence-corrected chi connectivity index (χ4v) is 9.72. The summed E-state index contributed by atoms with van der Waals surface area (Å²) in [6.07, 6.45) is 4.24. The van der Waals surface area contributed by atoms with E-state index in [9.17, 15) is 38.3 Å². The van der Waals surface area contributed by atoms with E-state index < -0.39 is 29.5 Å². The molecule has 4 aromatic carbocycles. The fraction of sp³-hybridized carbons (Fsp3) is 0.226. The van der Waals surface area contributed by atoms with Crippen molar-refractivity contribution in [2.45, 2.75) is 71.6 Å². The Labute approximate surface area is 431 Å². The van der Waals surface area contributed by atoms with Crippen LogP contribution in [0.15, 0.2) is 91.3 Å². The Balaban J connectivity index is 0.000000171. The average molecular weight is 1030 g/mol. The summed E-state index contributed by atoms with van der Waals surface area (Å²) in [5.41, 5.74) is 9.49. The van der Waals surface area contributed by atoms with Gasteiger partial charge in [0.15, 0.2) is 12.3 Å². The Morgan fingerprint density at radius 1 is 0.773 bits per heavy atom. The molecule has 22 heteroatoms. The molecule has 4 aromatic heterocycles. The van der Waals surface area contributed by atoms with Crippen LogP contribution < -0.4 is 31.3 Å². The van der Waals surface area contributed by atoms with Gasteiger partial charge in [-0.15, -0.1) is 0 Å². The number of rotatable bonds is 11. The van der Waals surface area contributed by atoms with E-state index in [0.29, 0.717) is 46.7 Å². The first-order chi connectivity index (χ1) is 36.1. The Kier molecular flexibility index (Phi) is 13.5. The Morgan fingerprint density at radius 3 is 2.17 bits per heavy atom. The normalized spacial score (nSPS) is 15.1. The first kappa shape index (κ1) is 49.5. The molecule has 2 aliphatic carbocycles. The molecule has 20 nitrogen and oxygen atoms in total. The quantitative estimate of drug-likeness (QED) is 0.0833. The number of anilines is 1. The largest absolute Gasteiger partial charge is 0.482 e. The fourth-order valence-electron chi connectivity index (χ4n) is 9.52. The van der Waals surface area contributed by atoms with Gasteiger partial charge < -0.3 is 36.4 Å². The van der Waals surface area contributed by atoms with Gasteiger partial charge in [-0.05, 0) is 116 Å². The predicted molar refractivity (Wildman–Crippen MR) is 269 cm³/mol. The van der Waals surface area contributed by atoms with Gasteiger partial charge in [-0.2, -0.15) is 19.7 Å². The molecule has 11 rings (SSSR count). The second-order valence-corrected chi connectivity index (χ2v) is 18.7. The molecule has 75 heavy (non-hydrogen) atoms. The summed E-state index contributed by atoms with van der Waals surface area (Å²) in [5, 5.41) is 32.2. The average Bonchev–Trinajstić information content (AvgIpc) is 4.21. The third-order valence-electron chi connectivity index (χ3n) is 13.2. The van der Waals surface area contributed by atoms with Gasteiger partial charge in [0.25, 0.3) is 35.3 Å². The minimum atomic E-state index is -0.987. The topological polar surface area (TPSA) is 265 Å². The third-order valence-corrected chi connectivity index (χ3v) is 13.5. The van der Waals surface area contributed by atoms with Gasteiger partial charge in [0.2, 0.25) is 0 Å². The number of nitrogens with one attached hydrogen (secondary N) is 5. The summed E-state index contributed by atoms with van der Waals surface area (Å²) >= 11 is 5.82. The molecule has 0 saturated carbocycles. The molecular formula is C53H46ClFN12O8. The van der Waals surface area contributed by atoms with Gasteiger partial charge >= 0.3 is 5.97 Å². The van der Waals surface area contributed by atoms with E-state index in [2.05, 4.69) is 70.8 Å². The van der Waals surface area contributed by atoms with Crippen LogP contribution in [0, 0.1) is 26.6 Å². The first-order valence-electron chi connectivity index (χ1n) is 23.8. The van der Waals surface area contributed by atoms with Crippen LogP contribution in [0.5, 0.6) is 5.75 Å². The summed E-state index contributed by atoms with van der Waals surface area (Å²) in [6.45, 7) is 5.82. The zero-order valence-corrected chi connectivity index (χ0v) is 41.2. The number of hydrogen-bond donors (Lipinski definition) is 6. The SMILES string of the molecule is Cc1cc2nc(C(=O)NCc3ccc(F)c(Cl)c3)cc(C(=O)N[C@H]3CCc4c3ccc(C(=O)O)c4C)n2n1.Cc1ccc2c(c1)CCC2NC(=O)c1cc(C(=O)NCc2ccc3c(c2)NC(=O)CO3)nc2ncnn12. The lowest BCUT2D eigenvalue weighted by molar-refractivity contribution is -0.118. The molecule has 5 amide bonds. The molecule has 1 unspecified atom stereocenters. The van der Waals surface area contributed by atoms with Crippen LogP contribution in [0.4, 0.5) is 10.1 Å². The predicted octanol–water partition coefficient (Wildman–Crippen LogP) is 6.30. The standard InChI is InChI=1S/C27H23ClFN5O4.C26H23N7O4/c1-13-9-24-31-22(25(35)30-12-15-3-7-20(29)19(28)10-15)11-23(34(24)33-13)26(36)32-21-8-6-16-14(2)17(27(37)38)4-5-18(16)21;1-14-2-5-17-16(8-14)4-6-18(17)31-25(36)21-10-20(32-26-28-13-29-33(21)26)24(35)27-11-15-3-7-22-19(9-15)30-23(34)12-37-22/h3-5,7,9-11,21H,6,8,12H2,1-2H3,(H,30,35)(H,32,36)(H,37,38);2-3,5,7-10,13,18H,4,6,11-12H2,1H3,(H,27,35)(H,30,34)(H,31,36)/t21-;/m0./s1. The van der Waals surface area contributed by atoms with Crippen molar-refractivity contribution in [2.75, 3.05) is 11.9 Å². The number of fused-ring (bicyclic) bond motifs is 5. The molecule has 0 saturated heterocycles. The zero-order valence-electron chi connectivity index (χ0n) is 40.5. The van der Waals surface area contributed by atoms with Crippen molar-refractivity contribution in [3.05, 3.63) is 181 Å². The molecule has 380 valence electrons. The van der Waals surface area contributed by atoms with Crippen LogP contribution in [0.2, 0.25) is 5.02 Å². The Hall–Kier alpha value is -9.11. The maximum absolute atomic E-state index is 13.4. The second-order valence-electron chi connectivity index (χ2n) is 18.3. The van der Waals surface area contributed by atoms with Crippen LogP contribution in [-0.2, 0) is 30.7 Å². The Bertz CT molecular complexity index is 3690. The van der Waals surface area contributed by atoms with Crippen molar-refractivity contribution in [1.82, 2.24) is 55.4 Å². The van der Waals surface area contributed by atoms with E-state index in [0.717, 1.165) is 35.1 Å². The molecule has 0 fully saturated rings. The maximum Gasteiger partial charge on any atom is 0.335 e. The van der Waals surface area contributed by atoms with E-state index in [1.54, 1.807) is 50.2 Å². The molecule has 0 bridgehead atoms. The molecule has 8 aromatic rings. The number of carbonyl (C=O) groups excluding carboxylic acids is 5. The molecule has 3 aliphatic rings. The monoisotopic (exact) mass is 1030 g/mol. The molecule has 2 atom stereocenters. The second kappa shape index (κ2) is 20.4. The van der Waals surface area contributed by atoms with Gasteiger partial charge in [0, 0.05) is 31.3 Å². The van der Waals surface area contributed by atoms with Gasteiger partial charge in [-0.3, -0.25) is 24.0 Å². The summed E-state index contributed by atoms with van der Waals surface area (Å²) in [7, 11) is 0. The van der Waals surface area contributed by atoms with Gasteiger partial charge in [-0.25, -0.2) is 23.7 Å². The van der Waals surface area contributed by atoms with Crippen molar-refractivity contribution >= 4 is 64.2 Å². The molecule has 5 heterocycles. The number of amides is 5. The minimum absolute atomic E-state index is 0.0181. The lowest BCUT2D eigenvalue weighted by atomic mass is 9.98. The lowest BCUT2D eigenvalue weighted by Crippen LogP contribution is -2.30. The van der Waals surface area contributed by atoms with Crippen LogP contribution in [0.25, 0.3) is 11.4 Å².